The van der Waals surface area contributed by atoms with E-state index in [0.717, 1.165) is 44.9 Å². The Kier molecular flexibility index (Phi) is 3.02. The molecule has 1 N–H and O–H groups in total. The summed E-state index contributed by atoms with van der Waals surface area (Å²) >= 11 is 0. The Morgan fingerprint density at radius 3 is 1.94 bits per heavy atom. The molecule has 0 bridgehead atoms. The van der Waals surface area contributed by atoms with Gasteiger partial charge in [0.15, 0.2) is 0 Å². The summed E-state index contributed by atoms with van der Waals surface area (Å²) in [5, 5.41) is 10.9. The van der Waals surface area contributed by atoms with Crippen molar-refractivity contribution in [1.29, 1.82) is 0 Å². The van der Waals surface area contributed by atoms with Gasteiger partial charge >= 0.3 is 0 Å². The molecule has 3 saturated carbocycles. The molecule has 3 aliphatic carbocycles. The van der Waals surface area contributed by atoms with Gasteiger partial charge in [-0.1, -0.05) is 6.42 Å². The zero-order chi connectivity index (χ0) is 13.0. The highest BCUT2D eigenvalue weighted by Crippen LogP contribution is 2.58. The van der Waals surface area contributed by atoms with Gasteiger partial charge in [0.1, 0.15) is 9.84 Å². The molecular weight excluding hydrogens is 248 g/mol. The van der Waals surface area contributed by atoms with Crippen LogP contribution in [0.1, 0.15) is 51.4 Å². The van der Waals surface area contributed by atoms with Crippen molar-refractivity contribution in [2.24, 2.45) is 17.8 Å². The molecule has 0 radical (unpaired) electrons. The van der Waals surface area contributed by atoms with E-state index in [1.165, 1.54) is 6.26 Å². The molecule has 0 aromatic heterocycles. The SMILES string of the molecule is CS(=O)(=O)C1CCCC(C(O)(C2CC2)C2CC2)C1. The molecule has 3 fully saturated rings. The number of aliphatic hydroxyl groups is 1. The summed E-state index contributed by atoms with van der Waals surface area (Å²) in [6.07, 6.45) is 9.41. The maximum absolute atomic E-state index is 11.7. The van der Waals surface area contributed by atoms with E-state index in [1.807, 2.05) is 0 Å². The first-order valence-electron chi connectivity index (χ1n) is 7.33. The Morgan fingerprint density at radius 1 is 0.944 bits per heavy atom. The van der Waals surface area contributed by atoms with Gasteiger partial charge in [-0.05, 0) is 62.7 Å². The highest BCUT2D eigenvalue weighted by Gasteiger charge is 2.57. The van der Waals surface area contributed by atoms with Crippen molar-refractivity contribution in [3.8, 4) is 0 Å². The Labute approximate surface area is 110 Å². The minimum atomic E-state index is -2.94. The number of rotatable bonds is 4. The van der Waals surface area contributed by atoms with E-state index in [9.17, 15) is 13.5 Å². The molecule has 3 aliphatic rings. The van der Waals surface area contributed by atoms with Gasteiger partial charge in [-0.15, -0.1) is 0 Å². The molecule has 18 heavy (non-hydrogen) atoms. The highest BCUT2D eigenvalue weighted by molar-refractivity contribution is 7.91. The molecule has 0 amide bonds. The van der Waals surface area contributed by atoms with Crippen molar-refractivity contribution in [1.82, 2.24) is 0 Å². The van der Waals surface area contributed by atoms with Gasteiger partial charge in [0, 0.05) is 6.26 Å². The van der Waals surface area contributed by atoms with Gasteiger partial charge in [0.2, 0.25) is 0 Å². The van der Waals surface area contributed by atoms with Crippen molar-refractivity contribution in [2.45, 2.75) is 62.2 Å². The third kappa shape index (κ3) is 2.22. The summed E-state index contributed by atoms with van der Waals surface area (Å²) in [5.41, 5.74) is -0.524. The van der Waals surface area contributed by atoms with Crippen LogP contribution in [0.2, 0.25) is 0 Å². The van der Waals surface area contributed by atoms with Crippen LogP contribution in [0.3, 0.4) is 0 Å². The molecule has 0 aromatic rings. The van der Waals surface area contributed by atoms with E-state index in [2.05, 4.69) is 0 Å². The van der Waals surface area contributed by atoms with Gasteiger partial charge in [-0.3, -0.25) is 0 Å². The Morgan fingerprint density at radius 2 is 1.50 bits per heavy atom. The molecule has 4 heteroatoms. The average Bonchev–Trinajstić information content (AvgIpc) is 3.18. The largest absolute Gasteiger partial charge is 0.389 e. The van der Waals surface area contributed by atoms with Crippen LogP contribution in [-0.2, 0) is 9.84 Å². The predicted molar refractivity (Wildman–Crippen MR) is 71.0 cm³/mol. The first kappa shape index (κ1) is 12.9. The molecule has 0 saturated heterocycles. The Hall–Kier alpha value is -0.0900. The Balaban J connectivity index is 1.78. The lowest BCUT2D eigenvalue weighted by molar-refractivity contribution is -0.0707. The van der Waals surface area contributed by atoms with Gasteiger partial charge < -0.3 is 5.11 Å². The fraction of sp³-hybridized carbons (Fsp3) is 1.00. The first-order valence-corrected chi connectivity index (χ1v) is 9.29. The van der Waals surface area contributed by atoms with Crippen LogP contribution in [0.4, 0.5) is 0 Å². The second kappa shape index (κ2) is 4.20. The zero-order valence-corrected chi connectivity index (χ0v) is 12.0. The van der Waals surface area contributed by atoms with Gasteiger partial charge in [0.05, 0.1) is 10.9 Å². The Bertz CT molecular complexity index is 408. The first-order chi connectivity index (χ1) is 8.42. The summed E-state index contributed by atoms with van der Waals surface area (Å²) in [5.74, 6) is 1.16. The quantitative estimate of drug-likeness (QED) is 0.853. The van der Waals surface area contributed by atoms with Crippen molar-refractivity contribution >= 4 is 9.84 Å². The summed E-state index contributed by atoms with van der Waals surface area (Å²) in [6.45, 7) is 0. The minimum Gasteiger partial charge on any atom is -0.389 e. The summed E-state index contributed by atoms with van der Waals surface area (Å²) in [4.78, 5) is 0. The van der Waals surface area contributed by atoms with E-state index in [4.69, 9.17) is 0 Å². The van der Waals surface area contributed by atoms with Crippen LogP contribution >= 0.6 is 0 Å². The van der Waals surface area contributed by atoms with Gasteiger partial charge in [-0.2, -0.15) is 0 Å². The van der Waals surface area contributed by atoms with Crippen LogP contribution in [0.15, 0.2) is 0 Å². The molecule has 0 heterocycles. The summed E-state index contributed by atoms with van der Waals surface area (Å²) in [6, 6.07) is 0. The number of sulfone groups is 1. The van der Waals surface area contributed by atoms with E-state index in [-0.39, 0.29) is 11.2 Å². The monoisotopic (exact) mass is 272 g/mol. The lowest BCUT2D eigenvalue weighted by Gasteiger charge is -2.41. The molecule has 3 rings (SSSR count). The zero-order valence-electron chi connectivity index (χ0n) is 11.1. The van der Waals surface area contributed by atoms with Crippen molar-refractivity contribution in [3.63, 3.8) is 0 Å². The molecule has 0 aliphatic heterocycles. The second-order valence-corrected chi connectivity index (χ2v) is 9.08. The molecule has 0 spiro atoms. The minimum absolute atomic E-state index is 0.208. The molecule has 2 atom stereocenters. The second-order valence-electron chi connectivity index (χ2n) is 6.75. The van der Waals surface area contributed by atoms with E-state index in [1.54, 1.807) is 0 Å². The van der Waals surface area contributed by atoms with Crippen LogP contribution < -0.4 is 0 Å². The van der Waals surface area contributed by atoms with Crippen molar-refractivity contribution < 1.29 is 13.5 Å². The smallest absolute Gasteiger partial charge is 0.150 e. The third-order valence-electron chi connectivity index (χ3n) is 5.35. The lowest BCUT2D eigenvalue weighted by atomic mass is 9.71. The third-order valence-corrected chi connectivity index (χ3v) is 6.99. The van der Waals surface area contributed by atoms with E-state index >= 15 is 0 Å². The fourth-order valence-corrected chi connectivity index (χ4v) is 5.22. The van der Waals surface area contributed by atoms with Crippen LogP contribution in [0, 0.1) is 17.8 Å². The van der Waals surface area contributed by atoms with E-state index < -0.39 is 15.4 Å². The molecule has 0 aromatic carbocycles. The predicted octanol–water partition coefficient (Wildman–Crippen LogP) is 2.14. The van der Waals surface area contributed by atoms with Gasteiger partial charge in [0.25, 0.3) is 0 Å². The number of hydrogen-bond acceptors (Lipinski definition) is 3. The maximum Gasteiger partial charge on any atom is 0.150 e. The fourth-order valence-electron chi connectivity index (χ4n) is 4.05. The topological polar surface area (TPSA) is 54.4 Å². The molecule has 2 unspecified atom stereocenters. The van der Waals surface area contributed by atoms with Crippen molar-refractivity contribution in [2.75, 3.05) is 6.26 Å². The normalized spacial score (nSPS) is 34.6. The van der Waals surface area contributed by atoms with Crippen molar-refractivity contribution in [3.05, 3.63) is 0 Å². The van der Waals surface area contributed by atoms with E-state index in [0.29, 0.717) is 18.3 Å². The maximum atomic E-state index is 11.7. The van der Waals surface area contributed by atoms with Crippen LogP contribution in [0.5, 0.6) is 0 Å². The lowest BCUT2D eigenvalue weighted by Crippen LogP contribution is -2.46. The summed E-state index contributed by atoms with van der Waals surface area (Å²) < 4.78 is 23.5. The molecule has 104 valence electrons. The molecule has 3 nitrogen and oxygen atoms in total. The average molecular weight is 272 g/mol. The van der Waals surface area contributed by atoms with Crippen LogP contribution in [-0.4, -0.2) is 30.6 Å². The van der Waals surface area contributed by atoms with Crippen LogP contribution in [0.25, 0.3) is 0 Å². The number of hydrogen-bond donors (Lipinski definition) is 1. The molecular formula is C14H24O3S. The standard InChI is InChI=1S/C14H24O3S/c1-18(16,17)13-4-2-3-12(9-13)14(15,10-5-6-10)11-7-8-11/h10-13,15H,2-9H2,1H3. The highest BCUT2D eigenvalue weighted by atomic mass is 32.2. The summed E-state index contributed by atoms with van der Waals surface area (Å²) in [7, 11) is -2.94. The van der Waals surface area contributed by atoms with Gasteiger partial charge in [-0.25, -0.2) is 8.42 Å².